The maximum Gasteiger partial charge on any atom is 0.238 e. The maximum atomic E-state index is 9.82. The molecule has 8 heteroatoms. The summed E-state index contributed by atoms with van der Waals surface area (Å²) >= 11 is 1.79. The van der Waals surface area contributed by atoms with E-state index in [4.69, 9.17) is 19.9 Å². The first-order chi connectivity index (χ1) is 26.2. The highest BCUT2D eigenvalue weighted by Gasteiger charge is 2.22. The van der Waals surface area contributed by atoms with Crippen LogP contribution < -0.4 is 0 Å². The first-order valence-electron chi connectivity index (χ1n) is 17.3. The van der Waals surface area contributed by atoms with E-state index in [2.05, 4.69) is 94.1 Å². The minimum absolute atomic E-state index is 0.396. The van der Waals surface area contributed by atoms with Crippen molar-refractivity contribution < 1.29 is 0 Å². The third-order valence-electron chi connectivity index (χ3n) is 10.0. The van der Waals surface area contributed by atoms with Gasteiger partial charge in [-0.1, -0.05) is 97.1 Å². The van der Waals surface area contributed by atoms with Crippen LogP contribution in [-0.4, -0.2) is 29.1 Å². The lowest BCUT2D eigenvalue weighted by Crippen LogP contribution is -2.06. The summed E-state index contributed by atoms with van der Waals surface area (Å²) in [5.41, 5.74) is 8.05. The second-order valence-electron chi connectivity index (χ2n) is 13.0. The number of hydrogen-bond donors (Lipinski definition) is 0. The molecule has 0 aliphatic heterocycles. The van der Waals surface area contributed by atoms with Crippen molar-refractivity contribution in [2.24, 2.45) is 0 Å². The zero-order valence-corrected chi connectivity index (χ0v) is 28.8. The molecular weight excluding hydrogens is 671 g/mol. The summed E-state index contributed by atoms with van der Waals surface area (Å²) in [5, 5.41) is 15.4. The Morgan fingerprint density at radius 1 is 0.491 bits per heavy atom. The molecule has 0 aliphatic carbocycles. The fraction of sp³-hybridized carbons (Fsp3) is 0. The van der Waals surface area contributed by atoms with Crippen LogP contribution in [0.5, 0.6) is 0 Å². The molecule has 11 aromatic rings. The number of rotatable bonds is 4. The number of nitriles is 1. The zero-order chi connectivity index (χ0) is 35.0. The van der Waals surface area contributed by atoms with E-state index in [1.54, 1.807) is 17.4 Å². The van der Waals surface area contributed by atoms with Gasteiger partial charge in [-0.15, -0.1) is 11.3 Å². The van der Waals surface area contributed by atoms with E-state index >= 15 is 0 Å². The SMILES string of the molecule is N#Cc1ccc2c(n1)c1ccc3sc4ccccc4c3c1n2-c1ccc2c(c1)c1ccccc1n2-c1nc(-c2ccccc2)nc(-c2ccccc2)n1. The van der Waals surface area contributed by atoms with Gasteiger partial charge in [-0.05, 0) is 54.6 Å². The van der Waals surface area contributed by atoms with Gasteiger partial charge in [0.25, 0.3) is 0 Å². The normalized spacial score (nSPS) is 11.8. The lowest BCUT2D eigenvalue weighted by atomic mass is 10.1. The summed E-state index contributed by atoms with van der Waals surface area (Å²) in [6.45, 7) is 0. The molecule has 0 amide bonds. The van der Waals surface area contributed by atoms with Crippen molar-refractivity contribution in [1.82, 2.24) is 29.1 Å². The standard InChI is InChI=1S/C45H25N7S/c46-26-29-19-22-37-41(47-29)33-21-24-39-40(32-16-8-10-18-38(32)53-39)42(33)51(37)30-20-23-36-34(25-30)31-15-7-9-17-35(31)52(36)45-49-43(27-11-3-1-4-12-27)48-44(50-45)28-13-5-2-6-14-28/h1-25H. The number of nitrogens with zero attached hydrogens (tertiary/aromatic N) is 7. The van der Waals surface area contributed by atoms with Crippen molar-refractivity contribution in [2.45, 2.75) is 0 Å². The molecule has 246 valence electrons. The van der Waals surface area contributed by atoms with Crippen molar-refractivity contribution in [3.8, 4) is 40.5 Å². The Labute approximate surface area is 306 Å². The molecule has 0 spiro atoms. The Hall–Kier alpha value is -7.21. The number of pyridine rings is 1. The molecule has 0 bridgehead atoms. The van der Waals surface area contributed by atoms with Gasteiger partial charge < -0.3 is 4.57 Å². The van der Waals surface area contributed by atoms with Gasteiger partial charge >= 0.3 is 0 Å². The topological polar surface area (TPSA) is 85.2 Å². The highest BCUT2D eigenvalue weighted by atomic mass is 32.1. The first-order valence-corrected chi connectivity index (χ1v) is 18.1. The third kappa shape index (κ3) is 4.45. The van der Waals surface area contributed by atoms with Crippen molar-refractivity contribution >= 4 is 75.3 Å². The van der Waals surface area contributed by atoms with E-state index < -0.39 is 0 Å². The smallest absolute Gasteiger partial charge is 0.238 e. The molecule has 7 nitrogen and oxygen atoms in total. The number of hydrogen-bond acceptors (Lipinski definition) is 6. The van der Waals surface area contributed by atoms with Gasteiger partial charge in [0.15, 0.2) is 11.6 Å². The van der Waals surface area contributed by atoms with E-state index in [-0.39, 0.29) is 0 Å². The molecule has 5 heterocycles. The summed E-state index contributed by atoms with van der Waals surface area (Å²) < 4.78 is 6.90. The lowest BCUT2D eigenvalue weighted by Gasteiger charge is -2.12. The Morgan fingerprint density at radius 2 is 1.15 bits per heavy atom. The third-order valence-corrected chi connectivity index (χ3v) is 11.2. The van der Waals surface area contributed by atoms with Crippen molar-refractivity contribution in [1.29, 1.82) is 5.26 Å². The van der Waals surface area contributed by atoms with Gasteiger partial charge in [-0.2, -0.15) is 15.2 Å². The quantitative estimate of drug-likeness (QED) is 0.183. The molecular formula is C45H25N7S. The lowest BCUT2D eigenvalue weighted by molar-refractivity contribution is 0.953. The predicted molar refractivity (Wildman–Crippen MR) is 215 cm³/mol. The fourth-order valence-electron chi connectivity index (χ4n) is 7.72. The first kappa shape index (κ1) is 29.5. The van der Waals surface area contributed by atoms with Gasteiger partial charge in [0.1, 0.15) is 11.8 Å². The van der Waals surface area contributed by atoms with Crippen molar-refractivity contribution in [3.63, 3.8) is 0 Å². The van der Waals surface area contributed by atoms with Gasteiger partial charge in [0, 0.05) is 53.1 Å². The van der Waals surface area contributed by atoms with Crippen LogP contribution in [0.15, 0.2) is 152 Å². The van der Waals surface area contributed by atoms with Crippen LogP contribution >= 0.6 is 11.3 Å². The number of benzene rings is 6. The molecule has 0 atom stereocenters. The van der Waals surface area contributed by atoms with Crippen LogP contribution in [0.1, 0.15) is 5.69 Å². The largest absolute Gasteiger partial charge is 0.307 e. The van der Waals surface area contributed by atoms with E-state index in [0.29, 0.717) is 23.3 Å². The molecule has 6 aromatic carbocycles. The van der Waals surface area contributed by atoms with Crippen LogP contribution in [-0.2, 0) is 0 Å². The summed E-state index contributed by atoms with van der Waals surface area (Å²) in [6.07, 6.45) is 0. The molecule has 0 radical (unpaired) electrons. The van der Waals surface area contributed by atoms with Crippen LogP contribution in [0.4, 0.5) is 0 Å². The second-order valence-corrected chi connectivity index (χ2v) is 14.1. The summed E-state index contributed by atoms with van der Waals surface area (Å²) in [4.78, 5) is 20.0. The molecule has 11 rings (SSSR count). The number of para-hydroxylation sites is 1. The van der Waals surface area contributed by atoms with Gasteiger partial charge in [0.2, 0.25) is 5.95 Å². The molecule has 53 heavy (non-hydrogen) atoms. The molecule has 0 unspecified atom stereocenters. The summed E-state index contributed by atoms with van der Waals surface area (Å²) in [5.74, 6) is 1.77. The second kappa shape index (κ2) is 11.4. The Kier molecular flexibility index (Phi) is 6.35. The molecule has 0 N–H and O–H groups in total. The number of thiophene rings is 1. The Morgan fingerprint density at radius 3 is 1.91 bits per heavy atom. The Bertz CT molecular complexity index is 3240. The summed E-state index contributed by atoms with van der Waals surface area (Å²) in [6, 6.07) is 54.1. The van der Waals surface area contributed by atoms with Gasteiger partial charge in [-0.25, -0.2) is 9.97 Å². The van der Waals surface area contributed by atoms with E-state index in [9.17, 15) is 5.26 Å². The highest BCUT2D eigenvalue weighted by Crippen LogP contribution is 2.43. The number of aromatic nitrogens is 6. The highest BCUT2D eigenvalue weighted by molar-refractivity contribution is 7.26. The van der Waals surface area contributed by atoms with E-state index in [1.165, 1.54) is 20.2 Å². The maximum absolute atomic E-state index is 9.82. The van der Waals surface area contributed by atoms with Crippen LogP contribution in [0.25, 0.3) is 98.3 Å². The molecule has 0 saturated heterocycles. The van der Waals surface area contributed by atoms with E-state index in [1.807, 2.05) is 66.7 Å². The summed E-state index contributed by atoms with van der Waals surface area (Å²) in [7, 11) is 0. The van der Waals surface area contributed by atoms with Crippen LogP contribution in [0.3, 0.4) is 0 Å². The minimum Gasteiger partial charge on any atom is -0.307 e. The zero-order valence-electron chi connectivity index (χ0n) is 28.0. The molecule has 5 aromatic heterocycles. The van der Waals surface area contributed by atoms with Crippen LogP contribution in [0, 0.1) is 11.3 Å². The fourth-order valence-corrected chi connectivity index (χ4v) is 8.82. The number of fused-ring (bicyclic) bond motifs is 10. The molecule has 0 fully saturated rings. The van der Waals surface area contributed by atoms with Gasteiger partial charge in [-0.3, -0.25) is 4.57 Å². The monoisotopic (exact) mass is 695 g/mol. The average molecular weight is 696 g/mol. The Balaban J connectivity index is 1.21. The molecule has 0 saturated carbocycles. The predicted octanol–water partition coefficient (Wildman–Crippen LogP) is 11.0. The van der Waals surface area contributed by atoms with E-state index in [0.717, 1.165) is 60.6 Å². The van der Waals surface area contributed by atoms with Gasteiger partial charge in [0.05, 0.1) is 27.6 Å². The van der Waals surface area contributed by atoms with Crippen molar-refractivity contribution in [2.75, 3.05) is 0 Å². The average Bonchev–Trinajstić information content (AvgIpc) is 3.88. The molecule has 0 aliphatic rings. The minimum atomic E-state index is 0.396. The van der Waals surface area contributed by atoms with Crippen LogP contribution in [0.2, 0.25) is 0 Å². The van der Waals surface area contributed by atoms with Crippen molar-refractivity contribution in [3.05, 3.63) is 157 Å².